The average Bonchev–Trinajstić information content (AvgIpc) is 2.61. The first kappa shape index (κ1) is 21.1. The van der Waals surface area contributed by atoms with Gasteiger partial charge < -0.3 is 19.7 Å². The lowest BCUT2D eigenvalue weighted by Crippen LogP contribution is -2.41. The van der Waals surface area contributed by atoms with E-state index >= 15 is 0 Å². The Balaban J connectivity index is 2.35. The average molecular weight is 370 g/mol. The molecule has 0 radical (unpaired) electrons. The number of carbonyl (C=O) groups excluding carboxylic acids is 1. The number of unbranched alkanes of at least 4 members (excludes halogenated alkanes) is 1. The first-order valence-electron chi connectivity index (χ1n) is 8.51. The normalized spacial score (nSPS) is 11.1. The number of nitrogens with zero attached hydrogens (tertiary/aromatic N) is 2. The van der Waals surface area contributed by atoms with Crippen LogP contribution < -0.4 is 10.1 Å². The molecule has 25 heavy (non-hydrogen) atoms. The molecule has 0 aliphatic rings. The van der Waals surface area contributed by atoms with Crippen LogP contribution in [0.3, 0.4) is 0 Å². The summed E-state index contributed by atoms with van der Waals surface area (Å²) < 4.78 is 10.3. The van der Waals surface area contributed by atoms with E-state index in [2.05, 4.69) is 15.0 Å². The number of aliphatic imine (C=N–C) groups is 1. The molecule has 0 aliphatic carbocycles. The molecule has 0 amide bonds. The number of methoxy groups -OCH3 is 1. The van der Waals surface area contributed by atoms with Crippen molar-refractivity contribution in [3.63, 3.8) is 0 Å². The molecule has 1 aromatic carbocycles. The summed E-state index contributed by atoms with van der Waals surface area (Å²) in [5.74, 6) is 1.45. The minimum Gasteiger partial charge on any atom is -0.492 e. The van der Waals surface area contributed by atoms with Gasteiger partial charge in [0, 0.05) is 31.6 Å². The number of likely N-dealkylation sites (N-methyl/N-ethyl adjacent to an activating group) is 1. The highest BCUT2D eigenvalue weighted by molar-refractivity contribution is 6.30. The molecule has 7 heteroatoms. The summed E-state index contributed by atoms with van der Waals surface area (Å²) in [4.78, 5) is 17.7. The summed E-state index contributed by atoms with van der Waals surface area (Å²) in [6.07, 6.45) is 2.06. The molecular formula is C18H28ClN3O3. The number of esters is 1. The monoisotopic (exact) mass is 369 g/mol. The lowest BCUT2D eigenvalue weighted by Gasteiger charge is -2.22. The van der Waals surface area contributed by atoms with Crippen LogP contribution >= 0.6 is 11.6 Å². The number of ether oxygens (including phenoxy) is 2. The van der Waals surface area contributed by atoms with E-state index in [1.54, 1.807) is 12.1 Å². The zero-order chi connectivity index (χ0) is 18.5. The van der Waals surface area contributed by atoms with E-state index in [9.17, 15) is 4.79 Å². The molecule has 6 nitrogen and oxygen atoms in total. The second-order valence-electron chi connectivity index (χ2n) is 5.49. The SMILES string of the molecule is CCNC(=NCCCCC(=O)OC)N(C)CCOc1ccc(Cl)cc1. The molecule has 1 aromatic rings. The molecule has 0 heterocycles. The number of carbonyl (C=O) groups is 1. The molecule has 0 aliphatic heterocycles. The number of hydrogen-bond acceptors (Lipinski definition) is 4. The molecular weight excluding hydrogens is 342 g/mol. The predicted molar refractivity (Wildman–Crippen MR) is 101 cm³/mol. The van der Waals surface area contributed by atoms with Crippen LogP contribution in [0.1, 0.15) is 26.2 Å². The smallest absolute Gasteiger partial charge is 0.305 e. The Bertz CT molecular complexity index is 535. The molecule has 0 saturated carbocycles. The second kappa shape index (κ2) is 12.4. The van der Waals surface area contributed by atoms with Crippen molar-refractivity contribution in [2.75, 3.05) is 40.4 Å². The Kier molecular flexibility index (Phi) is 10.5. The van der Waals surface area contributed by atoms with E-state index in [0.29, 0.717) is 31.1 Å². The van der Waals surface area contributed by atoms with Crippen molar-refractivity contribution in [2.45, 2.75) is 26.2 Å². The van der Waals surface area contributed by atoms with Crippen molar-refractivity contribution in [1.82, 2.24) is 10.2 Å². The lowest BCUT2D eigenvalue weighted by molar-refractivity contribution is -0.140. The minimum absolute atomic E-state index is 0.174. The molecule has 0 atom stereocenters. The largest absolute Gasteiger partial charge is 0.492 e. The number of halogens is 1. The van der Waals surface area contributed by atoms with Gasteiger partial charge in [0.1, 0.15) is 12.4 Å². The first-order valence-corrected chi connectivity index (χ1v) is 8.89. The fourth-order valence-corrected chi connectivity index (χ4v) is 2.20. The number of benzene rings is 1. The third-order valence-corrected chi connectivity index (χ3v) is 3.74. The van der Waals surface area contributed by atoms with Gasteiger partial charge in [-0.2, -0.15) is 0 Å². The Morgan fingerprint density at radius 3 is 2.64 bits per heavy atom. The second-order valence-corrected chi connectivity index (χ2v) is 5.93. The van der Waals surface area contributed by atoms with E-state index in [0.717, 1.165) is 31.1 Å². The van der Waals surface area contributed by atoms with Crippen molar-refractivity contribution in [3.8, 4) is 5.75 Å². The topological polar surface area (TPSA) is 63.2 Å². The van der Waals surface area contributed by atoms with Gasteiger partial charge in [-0.15, -0.1) is 0 Å². The molecule has 0 fully saturated rings. The summed E-state index contributed by atoms with van der Waals surface area (Å²) in [6, 6.07) is 7.31. The Labute approximate surface area is 155 Å². The third kappa shape index (κ3) is 9.19. The van der Waals surface area contributed by atoms with Gasteiger partial charge in [0.25, 0.3) is 0 Å². The highest BCUT2D eigenvalue weighted by Gasteiger charge is 2.06. The number of nitrogens with one attached hydrogen (secondary N) is 1. The quantitative estimate of drug-likeness (QED) is 0.297. The fourth-order valence-electron chi connectivity index (χ4n) is 2.07. The summed E-state index contributed by atoms with van der Waals surface area (Å²) in [5, 5.41) is 3.95. The summed E-state index contributed by atoms with van der Waals surface area (Å²) in [7, 11) is 3.38. The zero-order valence-corrected chi connectivity index (χ0v) is 16.0. The van der Waals surface area contributed by atoms with E-state index in [-0.39, 0.29) is 5.97 Å². The highest BCUT2D eigenvalue weighted by Crippen LogP contribution is 2.15. The van der Waals surface area contributed by atoms with Gasteiger partial charge in [0.05, 0.1) is 13.7 Å². The summed E-state index contributed by atoms with van der Waals surface area (Å²) in [6.45, 7) is 4.75. The third-order valence-electron chi connectivity index (χ3n) is 3.48. The van der Waals surface area contributed by atoms with Gasteiger partial charge >= 0.3 is 5.97 Å². The van der Waals surface area contributed by atoms with Crippen LogP contribution in [-0.2, 0) is 9.53 Å². The van der Waals surface area contributed by atoms with E-state index in [1.807, 2.05) is 31.0 Å². The van der Waals surface area contributed by atoms with Crippen molar-refractivity contribution in [1.29, 1.82) is 0 Å². The number of guanidine groups is 1. The van der Waals surface area contributed by atoms with Gasteiger partial charge in [0.2, 0.25) is 0 Å². The van der Waals surface area contributed by atoms with Crippen molar-refractivity contribution < 1.29 is 14.3 Å². The van der Waals surface area contributed by atoms with Crippen molar-refractivity contribution >= 4 is 23.5 Å². The standard InChI is InChI=1S/C18H28ClN3O3/c1-4-20-18(21-12-6-5-7-17(23)24-3)22(2)13-14-25-16-10-8-15(19)9-11-16/h8-11H,4-7,12-14H2,1-3H3,(H,20,21). The van der Waals surface area contributed by atoms with Crippen LogP contribution in [0.15, 0.2) is 29.3 Å². The highest BCUT2D eigenvalue weighted by atomic mass is 35.5. The summed E-state index contributed by atoms with van der Waals surface area (Å²) in [5.41, 5.74) is 0. The minimum atomic E-state index is -0.174. The van der Waals surface area contributed by atoms with Crippen LogP contribution in [0.25, 0.3) is 0 Å². The molecule has 0 spiro atoms. The Morgan fingerprint density at radius 2 is 2.00 bits per heavy atom. The van der Waals surface area contributed by atoms with Gasteiger partial charge in [-0.25, -0.2) is 0 Å². The molecule has 0 aromatic heterocycles. The number of rotatable bonds is 10. The molecule has 1 rings (SSSR count). The zero-order valence-electron chi connectivity index (χ0n) is 15.3. The van der Waals surface area contributed by atoms with Gasteiger partial charge in [0.15, 0.2) is 5.96 Å². The maximum Gasteiger partial charge on any atom is 0.305 e. The predicted octanol–water partition coefficient (Wildman–Crippen LogP) is 2.96. The Hall–Kier alpha value is -1.95. The lowest BCUT2D eigenvalue weighted by atomic mass is 10.2. The summed E-state index contributed by atoms with van der Waals surface area (Å²) >= 11 is 5.86. The molecule has 1 N–H and O–H groups in total. The van der Waals surface area contributed by atoms with E-state index in [4.69, 9.17) is 16.3 Å². The van der Waals surface area contributed by atoms with Gasteiger partial charge in [-0.05, 0) is 44.0 Å². The van der Waals surface area contributed by atoms with E-state index in [1.165, 1.54) is 7.11 Å². The van der Waals surface area contributed by atoms with Gasteiger partial charge in [-0.1, -0.05) is 11.6 Å². The molecule has 0 bridgehead atoms. The fraction of sp³-hybridized carbons (Fsp3) is 0.556. The van der Waals surface area contributed by atoms with Crippen LogP contribution in [0, 0.1) is 0 Å². The maximum atomic E-state index is 11.1. The van der Waals surface area contributed by atoms with Gasteiger partial charge in [-0.3, -0.25) is 9.79 Å². The van der Waals surface area contributed by atoms with Crippen molar-refractivity contribution in [3.05, 3.63) is 29.3 Å². The van der Waals surface area contributed by atoms with E-state index < -0.39 is 0 Å². The molecule has 140 valence electrons. The van der Waals surface area contributed by atoms with Crippen LogP contribution in [0.5, 0.6) is 5.75 Å². The van der Waals surface area contributed by atoms with Crippen molar-refractivity contribution in [2.24, 2.45) is 4.99 Å². The van der Waals surface area contributed by atoms with Crippen LogP contribution in [0.2, 0.25) is 5.02 Å². The number of hydrogen-bond donors (Lipinski definition) is 1. The Morgan fingerprint density at radius 1 is 1.28 bits per heavy atom. The van der Waals surface area contributed by atoms with Crippen LogP contribution in [-0.4, -0.2) is 57.2 Å². The molecule has 0 saturated heterocycles. The van der Waals surface area contributed by atoms with Crippen LogP contribution in [0.4, 0.5) is 0 Å². The first-order chi connectivity index (χ1) is 12.1. The molecule has 0 unspecified atom stereocenters. The maximum absolute atomic E-state index is 11.1.